The molecule has 150 valence electrons. The van der Waals surface area contributed by atoms with E-state index in [1.807, 2.05) is 6.07 Å². The lowest BCUT2D eigenvalue weighted by molar-refractivity contribution is 0.102. The highest BCUT2D eigenvalue weighted by Crippen LogP contribution is 2.35. The molecule has 0 unspecified atom stereocenters. The topological polar surface area (TPSA) is 77.8 Å². The van der Waals surface area contributed by atoms with Crippen LogP contribution in [0.15, 0.2) is 82.0 Å². The maximum atomic E-state index is 13.3. The first-order chi connectivity index (χ1) is 14.6. The zero-order valence-corrected chi connectivity index (χ0v) is 16.5. The van der Waals surface area contributed by atoms with Crippen molar-refractivity contribution >= 4 is 22.8 Å². The molecule has 6 heteroatoms. The van der Waals surface area contributed by atoms with E-state index in [-0.39, 0.29) is 22.8 Å². The summed E-state index contributed by atoms with van der Waals surface area (Å²) in [6, 6.07) is 20.7. The van der Waals surface area contributed by atoms with Gasteiger partial charge in [-0.25, -0.2) is 0 Å². The molecule has 1 aromatic heterocycles. The number of benzene rings is 3. The molecule has 30 heavy (non-hydrogen) atoms. The number of fused-ring (bicyclic) bond motifs is 1. The smallest absolute Gasteiger partial charge is 0.257 e. The molecular formula is C24H19NO5. The summed E-state index contributed by atoms with van der Waals surface area (Å²) in [6.07, 6.45) is 0. The molecule has 0 saturated carbocycles. The molecule has 0 fully saturated rings. The summed E-state index contributed by atoms with van der Waals surface area (Å²) < 4.78 is 16.6. The lowest BCUT2D eigenvalue weighted by Crippen LogP contribution is -2.16. The van der Waals surface area contributed by atoms with E-state index >= 15 is 0 Å². The summed E-state index contributed by atoms with van der Waals surface area (Å²) in [7, 11) is 3.05. The number of nitrogens with one attached hydrogen (secondary N) is 1. The fourth-order valence-electron chi connectivity index (χ4n) is 3.25. The van der Waals surface area contributed by atoms with E-state index in [9.17, 15) is 9.59 Å². The third-order valence-corrected chi connectivity index (χ3v) is 4.73. The predicted octanol–water partition coefficient (Wildman–Crippen LogP) is 4.73. The lowest BCUT2D eigenvalue weighted by Gasteiger charge is -2.13. The molecule has 0 aliphatic carbocycles. The van der Waals surface area contributed by atoms with E-state index in [4.69, 9.17) is 13.9 Å². The van der Waals surface area contributed by atoms with E-state index in [0.29, 0.717) is 33.6 Å². The molecule has 4 rings (SSSR count). The molecule has 1 amide bonds. The second-order valence-electron chi connectivity index (χ2n) is 6.52. The average molecular weight is 401 g/mol. The van der Waals surface area contributed by atoms with E-state index in [1.165, 1.54) is 14.2 Å². The molecule has 6 nitrogen and oxygen atoms in total. The largest absolute Gasteiger partial charge is 0.493 e. The van der Waals surface area contributed by atoms with Gasteiger partial charge in [0.1, 0.15) is 5.58 Å². The van der Waals surface area contributed by atoms with Gasteiger partial charge in [-0.2, -0.15) is 0 Å². The van der Waals surface area contributed by atoms with Crippen molar-refractivity contribution in [2.45, 2.75) is 0 Å². The summed E-state index contributed by atoms with van der Waals surface area (Å²) in [5.41, 5.74) is 1.35. The number of hydrogen-bond acceptors (Lipinski definition) is 5. The standard InChI is InChI=1S/C24H19NO5/c1-28-19-13-12-16(14-20(19)29-2)21-22(26)17-10-6-7-11-18(17)30-24(21)25-23(27)15-8-4-3-5-9-15/h3-14H,1-2H3,(H,25,27). The molecule has 0 atom stereocenters. The summed E-state index contributed by atoms with van der Waals surface area (Å²) in [6.45, 7) is 0. The van der Waals surface area contributed by atoms with Crippen molar-refractivity contribution in [3.63, 3.8) is 0 Å². The molecule has 0 aliphatic heterocycles. The Bertz CT molecular complexity index is 1280. The van der Waals surface area contributed by atoms with Crippen LogP contribution in [-0.2, 0) is 0 Å². The van der Waals surface area contributed by atoms with Gasteiger partial charge in [-0.05, 0) is 42.0 Å². The van der Waals surface area contributed by atoms with Crippen molar-refractivity contribution < 1.29 is 18.7 Å². The molecule has 0 saturated heterocycles. The fraction of sp³-hybridized carbons (Fsp3) is 0.0833. The number of hydrogen-bond donors (Lipinski definition) is 1. The molecule has 1 N–H and O–H groups in total. The summed E-state index contributed by atoms with van der Waals surface area (Å²) >= 11 is 0. The zero-order valence-electron chi connectivity index (χ0n) is 16.5. The average Bonchev–Trinajstić information content (AvgIpc) is 2.79. The van der Waals surface area contributed by atoms with Gasteiger partial charge in [0.2, 0.25) is 11.3 Å². The fourth-order valence-corrected chi connectivity index (χ4v) is 3.25. The minimum atomic E-state index is -0.379. The monoisotopic (exact) mass is 401 g/mol. The first kappa shape index (κ1) is 19.3. The van der Waals surface area contributed by atoms with Crippen LogP contribution >= 0.6 is 0 Å². The van der Waals surface area contributed by atoms with Crippen molar-refractivity contribution in [3.05, 3.63) is 88.6 Å². The highest BCUT2D eigenvalue weighted by Gasteiger charge is 2.20. The summed E-state index contributed by atoms with van der Waals surface area (Å²) in [4.78, 5) is 26.1. The van der Waals surface area contributed by atoms with Crippen molar-refractivity contribution in [1.82, 2.24) is 0 Å². The van der Waals surface area contributed by atoms with Crippen molar-refractivity contribution in [3.8, 4) is 22.6 Å². The lowest BCUT2D eigenvalue weighted by atomic mass is 10.0. The number of para-hydroxylation sites is 1. The molecule has 0 radical (unpaired) electrons. The number of amides is 1. The molecule has 4 aromatic rings. The number of carbonyl (C=O) groups is 1. The van der Waals surface area contributed by atoms with Crippen molar-refractivity contribution in [2.75, 3.05) is 19.5 Å². The van der Waals surface area contributed by atoms with Crippen LogP contribution in [0.25, 0.3) is 22.1 Å². The Labute approximate surface area is 172 Å². The Hall–Kier alpha value is -4.06. The van der Waals surface area contributed by atoms with Gasteiger partial charge >= 0.3 is 0 Å². The van der Waals surface area contributed by atoms with Crippen LogP contribution in [0, 0.1) is 0 Å². The van der Waals surface area contributed by atoms with Crippen LogP contribution in [0.5, 0.6) is 11.5 Å². The molecule has 0 spiro atoms. The highest BCUT2D eigenvalue weighted by atomic mass is 16.5. The number of rotatable bonds is 5. The third kappa shape index (κ3) is 3.51. The van der Waals surface area contributed by atoms with Crippen LogP contribution in [0.1, 0.15) is 10.4 Å². The molecule has 1 heterocycles. The van der Waals surface area contributed by atoms with Gasteiger partial charge in [0.25, 0.3) is 5.91 Å². The van der Waals surface area contributed by atoms with Gasteiger partial charge in [-0.1, -0.05) is 36.4 Å². The number of methoxy groups -OCH3 is 2. The van der Waals surface area contributed by atoms with Crippen molar-refractivity contribution in [2.24, 2.45) is 0 Å². The minimum absolute atomic E-state index is 0.0692. The van der Waals surface area contributed by atoms with E-state index in [2.05, 4.69) is 5.32 Å². The normalized spacial score (nSPS) is 10.6. The second kappa shape index (κ2) is 8.13. The van der Waals surface area contributed by atoms with Gasteiger partial charge in [0.05, 0.1) is 25.2 Å². The molecule has 0 aliphatic rings. The van der Waals surface area contributed by atoms with E-state index in [1.54, 1.807) is 66.7 Å². The number of carbonyl (C=O) groups excluding carboxylic acids is 1. The summed E-state index contributed by atoms with van der Waals surface area (Å²) in [5.74, 6) is 0.680. The first-order valence-electron chi connectivity index (χ1n) is 9.27. The van der Waals surface area contributed by atoms with Crippen molar-refractivity contribution in [1.29, 1.82) is 0 Å². The van der Waals surface area contributed by atoms with Gasteiger partial charge in [0, 0.05) is 5.56 Å². The SMILES string of the molecule is COc1ccc(-c2c(NC(=O)c3ccccc3)oc3ccccc3c2=O)cc1OC. The zero-order chi connectivity index (χ0) is 21.1. The van der Waals surface area contributed by atoms with Crippen LogP contribution in [0.4, 0.5) is 5.88 Å². The first-order valence-corrected chi connectivity index (χ1v) is 9.27. The Balaban J connectivity index is 1.91. The van der Waals surface area contributed by atoms with Gasteiger partial charge in [-0.3, -0.25) is 14.9 Å². The molecular weight excluding hydrogens is 382 g/mol. The molecule has 0 bridgehead atoms. The minimum Gasteiger partial charge on any atom is -0.493 e. The maximum Gasteiger partial charge on any atom is 0.257 e. The predicted molar refractivity (Wildman–Crippen MR) is 115 cm³/mol. The Morgan fingerprint density at radius 2 is 1.57 bits per heavy atom. The maximum absolute atomic E-state index is 13.3. The number of ether oxygens (including phenoxy) is 2. The number of anilines is 1. The quantitative estimate of drug-likeness (QED) is 0.523. The second-order valence-corrected chi connectivity index (χ2v) is 6.52. The van der Waals surface area contributed by atoms with Crippen LogP contribution in [0.2, 0.25) is 0 Å². The van der Waals surface area contributed by atoms with E-state index in [0.717, 1.165) is 0 Å². The van der Waals surface area contributed by atoms with E-state index < -0.39 is 0 Å². The van der Waals surface area contributed by atoms with Crippen LogP contribution in [0.3, 0.4) is 0 Å². The van der Waals surface area contributed by atoms with Gasteiger partial charge < -0.3 is 13.9 Å². The molecule has 3 aromatic carbocycles. The Morgan fingerprint density at radius 3 is 2.30 bits per heavy atom. The Morgan fingerprint density at radius 1 is 0.867 bits per heavy atom. The highest BCUT2D eigenvalue weighted by molar-refractivity contribution is 6.06. The third-order valence-electron chi connectivity index (χ3n) is 4.73. The summed E-state index contributed by atoms with van der Waals surface area (Å²) in [5, 5.41) is 3.16. The van der Waals surface area contributed by atoms with Crippen LogP contribution < -0.4 is 20.2 Å². The van der Waals surface area contributed by atoms with Gasteiger partial charge in [-0.15, -0.1) is 0 Å². The van der Waals surface area contributed by atoms with Gasteiger partial charge in [0.15, 0.2) is 11.5 Å². The Kier molecular flexibility index (Phi) is 5.22. The van der Waals surface area contributed by atoms with Crippen LogP contribution in [-0.4, -0.2) is 20.1 Å².